The van der Waals surface area contributed by atoms with E-state index in [4.69, 9.17) is 4.74 Å². The first-order chi connectivity index (χ1) is 9.71. The average molecular weight is 279 g/mol. The molecule has 0 bridgehead atoms. The molecule has 112 valence electrons. The monoisotopic (exact) mass is 279 g/mol. The molecule has 1 rings (SSSR count). The Morgan fingerprint density at radius 2 is 1.95 bits per heavy atom. The zero-order valence-corrected chi connectivity index (χ0v) is 12.6. The Labute approximate surface area is 121 Å². The first kappa shape index (κ1) is 16.5. The van der Waals surface area contributed by atoms with Crippen LogP contribution >= 0.6 is 0 Å². The topological polar surface area (TPSA) is 47.6 Å². The maximum atomic E-state index is 11.0. The molecule has 1 N–H and O–H groups in total. The Balaban J connectivity index is 2.48. The molecule has 0 aliphatic carbocycles. The fourth-order valence-electron chi connectivity index (χ4n) is 1.97. The van der Waals surface area contributed by atoms with Gasteiger partial charge in [0.2, 0.25) is 0 Å². The number of nitrogens with one attached hydrogen (secondary N) is 1. The van der Waals surface area contributed by atoms with Crippen LogP contribution in [0.1, 0.15) is 44.7 Å². The first-order valence-corrected chi connectivity index (χ1v) is 7.24. The predicted octanol–water partition coefficient (Wildman–Crippen LogP) is 3.08. The zero-order valence-electron chi connectivity index (χ0n) is 12.6. The van der Waals surface area contributed by atoms with Gasteiger partial charge < -0.3 is 14.8 Å². The second kappa shape index (κ2) is 9.37. The van der Waals surface area contributed by atoms with E-state index < -0.39 is 0 Å². The molecule has 1 aromatic carbocycles. The molecule has 4 heteroatoms. The summed E-state index contributed by atoms with van der Waals surface area (Å²) in [4.78, 5) is 11.0. The third-order valence-electron chi connectivity index (χ3n) is 3.13. The number of hydrogen-bond donors (Lipinski definition) is 1. The minimum atomic E-state index is -0.253. The SMILES string of the molecule is CCCNC(CC)c1ccc(OCCC(=O)OC)cc1. The van der Waals surface area contributed by atoms with Crippen molar-refractivity contribution in [2.24, 2.45) is 0 Å². The summed E-state index contributed by atoms with van der Waals surface area (Å²) < 4.78 is 10.1. The van der Waals surface area contributed by atoms with Crippen molar-refractivity contribution in [1.82, 2.24) is 5.32 Å². The Morgan fingerprint density at radius 1 is 1.25 bits per heavy atom. The largest absolute Gasteiger partial charge is 0.493 e. The van der Waals surface area contributed by atoms with Crippen LogP contribution in [0.4, 0.5) is 0 Å². The molecule has 1 unspecified atom stereocenters. The number of ether oxygens (including phenoxy) is 2. The molecule has 0 saturated carbocycles. The molecule has 0 amide bonds. The number of benzene rings is 1. The molecule has 0 aliphatic rings. The number of rotatable bonds is 9. The zero-order chi connectivity index (χ0) is 14.8. The molecule has 20 heavy (non-hydrogen) atoms. The number of carbonyl (C=O) groups is 1. The van der Waals surface area contributed by atoms with Crippen LogP contribution in [0, 0.1) is 0 Å². The van der Waals surface area contributed by atoms with Crippen molar-refractivity contribution in [3.05, 3.63) is 29.8 Å². The lowest BCUT2D eigenvalue weighted by Gasteiger charge is -2.17. The Bertz CT molecular complexity index is 389. The molecule has 0 fully saturated rings. The smallest absolute Gasteiger partial charge is 0.308 e. The molecule has 0 aromatic heterocycles. The van der Waals surface area contributed by atoms with Gasteiger partial charge in [-0.15, -0.1) is 0 Å². The second-order valence-corrected chi connectivity index (χ2v) is 4.66. The van der Waals surface area contributed by atoms with E-state index in [1.807, 2.05) is 12.1 Å². The van der Waals surface area contributed by atoms with E-state index in [0.29, 0.717) is 12.6 Å². The van der Waals surface area contributed by atoms with Gasteiger partial charge in [-0.25, -0.2) is 0 Å². The van der Waals surface area contributed by atoms with Gasteiger partial charge in [0.15, 0.2) is 0 Å². The van der Waals surface area contributed by atoms with Gasteiger partial charge in [0.25, 0.3) is 0 Å². The standard InChI is InChI=1S/C16H25NO3/c1-4-11-17-15(5-2)13-6-8-14(9-7-13)20-12-10-16(18)19-3/h6-9,15,17H,4-5,10-12H2,1-3H3. The van der Waals surface area contributed by atoms with Gasteiger partial charge >= 0.3 is 5.97 Å². The third kappa shape index (κ3) is 5.61. The van der Waals surface area contributed by atoms with Crippen molar-refractivity contribution in [1.29, 1.82) is 0 Å². The molecule has 0 radical (unpaired) electrons. The van der Waals surface area contributed by atoms with Gasteiger partial charge in [0.1, 0.15) is 5.75 Å². The summed E-state index contributed by atoms with van der Waals surface area (Å²) in [6.07, 6.45) is 2.46. The first-order valence-electron chi connectivity index (χ1n) is 7.24. The van der Waals surface area contributed by atoms with Crippen LogP contribution in [0.15, 0.2) is 24.3 Å². The predicted molar refractivity (Wildman–Crippen MR) is 79.9 cm³/mol. The van der Waals surface area contributed by atoms with E-state index in [2.05, 4.69) is 36.0 Å². The van der Waals surface area contributed by atoms with Crippen LogP contribution in [-0.4, -0.2) is 26.2 Å². The Hall–Kier alpha value is -1.55. The van der Waals surface area contributed by atoms with Gasteiger partial charge in [-0.1, -0.05) is 26.0 Å². The van der Waals surface area contributed by atoms with Crippen molar-refractivity contribution in [3.63, 3.8) is 0 Å². The Morgan fingerprint density at radius 3 is 2.50 bits per heavy atom. The number of carbonyl (C=O) groups excluding carboxylic acids is 1. The van der Waals surface area contributed by atoms with E-state index >= 15 is 0 Å². The van der Waals surface area contributed by atoms with Crippen molar-refractivity contribution in [2.45, 2.75) is 39.2 Å². The van der Waals surface area contributed by atoms with E-state index in [1.54, 1.807) is 0 Å². The quantitative estimate of drug-likeness (QED) is 0.706. The van der Waals surface area contributed by atoms with Crippen LogP contribution in [0.2, 0.25) is 0 Å². The molecule has 4 nitrogen and oxygen atoms in total. The lowest BCUT2D eigenvalue weighted by Crippen LogP contribution is -2.21. The van der Waals surface area contributed by atoms with Crippen LogP contribution < -0.4 is 10.1 Å². The van der Waals surface area contributed by atoms with Gasteiger partial charge in [0.05, 0.1) is 20.1 Å². The fourth-order valence-corrected chi connectivity index (χ4v) is 1.97. The summed E-state index contributed by atoms with van der Waals surface area (Å²) in [6, 6.07) is 8.43. The number of esters is 1. The van der Waals surface area contributed by atoms with Crippen LogP contribution in [0.3, 0.4) is 0 Å². The van der Waals surface area contributed by atoms with Gasteiger partial charge in [-0.3, -0.25) is 4.79 Å². The molecule has 0 saturated heterocycles. The number of hydrogen-bond acceptors (Lipinski definition) is 4. The molecular formula is C16H25NO3. The summed E-state index contributed by atoms with van der Waals surface area (Å²) in [7, 11) is 1.38. The van der Waals surface area contributed by atoms with E-state index in [9.17, 15) is 4.79 Å². The lowest BCUT2D eigenvalue weighted by molar-refractivity contribution is -0.141. The Kier molecular flexibility index (Phi) is 7.73. The minimum Gasteiger partial charge on any atom is -0.493 e. The normalized spacial score (nSPS) is 11.9. The van der Waals surface area contributed by atoms with E-state index in [0.717, 1.165) is 25.1 Å². The average Bonchev–Trinajstić information content (AvgIpc) is 2.49. The summed E-state index contributed by atoms with van der Waals surface area (Å²) in [5.74, 6) is 0.527. The highest BCUT2D eigenvalue weighted by Crippen LogP contribution is 2.20. The number of methoxy groups -OCH3 is 1. The summed E-state index contributed by atoms with van der Waals surface area (Å²) >= 11 is 0. The van der Waals surface area contributed by atoms with Crippen molar-refractivity contribution in [2.75, 3.05) is 20.3 Å². The molecule has 1 atom stereocenters. The highest BCUT2D eigenvalue weighted by atomic mass is 16.5. The van der Waals surface area contributed by atoms with Gasteiger partial charge in [-0.2, -0.15) is 0 Å². The fraction of sp³-hybridized carbons (Fsp3) is 0.562. The van der Waals surface area contributed by atoms with E-state index in [1.165, 1.54) is 12.7 Å². The highest BCUT2D eigenvalue weighted by molar-refractivity contribution is 5.69. The van der Waals surface area contributed by atoms with E-state index in [-0.39, 0.29) is 12.4 Å². The van der Waals surface area contributed by atoms with Crippen LogP contribution in [0.25, 0.3) is 0 Å². The van der Waals surface area contributed by atoms with Crippen LogP contribution in [0.5, 0.6) is 5.75 Å². The molecule has 0 spiro atoms. The molecule has 0 aliphatic heterocycles. The van der Waals surface area contributed by atoms with Crippen molar-refractivity contribution < 1.29 is 14.3 Å². The van der Waals surface area contributed by atoms with Gasteiger partial charge in [0, 0.05) is 6.04 Å². The molecule has 0 heterocycles. The summed E-state index contributed by atoms with van der Waals surface area (Å²) in [5.41, 5.74) is 1.27. The third-order valence-corrected chi connectivity index (χ3v) is 3.13. The van der Waals surface area contributed by atoms with Gasteiger partial charge in [-0.05, 0) is 37.1 Å². The summed E-state index contributed by atoms with van der Waals surface area (Å²) in [6.45, 7) is 5.71. The maximum Gasteiger partial charge on any atom is 0.308 e. The minimum absolute atomic E-state index is 0.253. The molecule has 1 aromatic rings. The van der Waals surface area contributed by atoms with Crippen LogP contribution in [-0.2, 0) is 9.53 Å². The lowest BCUT2D eigenvalue weighted by atomic mass is 10.0. The second-order valence-electron chi connectivity index (χ2n) is 4.66. The van der Waals surface area contributed by atoms with Crippen molar-refractivity contribution in [3.8, 4) is 5.75 Å². The highest BCUT2D eigenvalue weighted by Gasteiger charge is 2.08. The maximum absolute atomic E-state index is 11.0. The molecular weight excluding hydrogens is 254 g/mol. The summed E-state index contributed by atoms with van der Waals surface area (Å²) in [5, 5.41) is 3.52. The van der Waals surface area contributed by atoms with Crippen molar-refractivity contribution >= 4 is 5.97 Å².